The SMILES string of the molecule is CS(=O)OC1(C#CC[Si](C)(C)C)CCCC1. The zero-order valence-electron chi connectivity index (χ0n) is 10.8. The third-order valence-electron chi connectivity index (χ3n) is 2.62. The van der Waals surface area contributed by atoms with Crippen molar-refractivity contribution in [2.75, 3.05) is 6.26 Å². The van der Waals surface area contributed by atoms with Crippen molar-refractivity contribution in [3.05, 3.63) is 0 Å². The molecule has 0 N–H and O–H groups in total. The summed E-state index contributed by atoms with van der Waals surface area (Å²) in [6.45, 7) is 6.92. The summed E-state index contributed by atoms with van der Waals surface area (Å²) in [5, 5.41) is 0. The first-order valence-electron chi connectivity index (χ1n) is 5.86. The van der Waals surface area contributed by atoms with Gasteiger partial charge in [0.1, 0.15) is 5.60 Å². The Morgan fingerprint density at radius 1 is 1.31 bits per heavy atom. The summed E-state index contributed by atoms with van der Waals surface area (Å²) < 4.78 is 16.7. The minimum atomic E-state index is -1.21. The third-order valence-corrected chi connectivity index (χ3v) is 4.41. The zero-order valence-corrected chi connectivity index (χ0v) is 12.6. The highest BCUT2D eigenvalue weighted by Gasteiger charge is 2.34. The Labute approximate surface area is 103 Å². The Kier molecular flexibility index (Phi) is 4.78. The van der Waals surface area contributed by atoms with E-state index >= 15 is 0 Å². The molecule has 2 nitrogen and oxygen atoms in total. The van der Waals surface area contributed by atoms with Gasteiger partial charge in [0.15, 0.2) is 11.1 Å². The van der Waals surface area contributed by atoms with Crippen LogP contribution >= 0.6 is 0 Å². The minimum absolute atomic E-state index is 0.404. The summed E-state index contributed by atoms with van der Waals surface area (Å²) in [5.74, 6) is 6.52. The van der Waals surface area contributed by atoms with Crippen LogP contribution in [0.15, 0.2) is 0 Å². The molecule has 1 atom stereocenters. The lowest BCUT2D eigenvalue weighted by atomic mass is 10.0. The molecule has 0 aliphatic heterocycles. The summed E-state index contributed by atoms with van der Waals surface area (Å²) in [5.41, 5.74) is -0.404. The maximum absolute atomic E-state index is 11.2. The van der Waals surface area contributed by atoms with Crippen LogP contribution in [0.4, 0.5) is 0 Å². The van der Waals surface area contributed by atoms with Gasteiger partial charge >= 0.3 is 0 Å². The Morgan fingerprint density at radius 2 is 1.88 bits per heavy atom. The van der Waals surface area contributed by atoms with Crippen molar-refractivity contribution in [3.8, 4) is 11.8 Å². The predicted octanol–water partition coefficient (Wildman–Crippen LogP) is 2.95. The smallest absolute Gasteiger partial charge is 0.153 e. The molecule has 0 saturated heterocycles. The van der Waals surface area contributed by atoms with Crippen molar-refractivity contribution in [1.29, 1.82) is 0 Å². The number of hydrogen-bond donors (Lipinski definition) is 0. The van der Waals surface area contributed by atoms with E-state index < -0.39 is 24.8 Å². The molecule has 0 amide bonds. The quantitative estimate of drug-likeness (QED) is 0.575. The maximum atomic E-state index is 11.2. The Hall–Kier alpha value is -0.113. The molecule has 1 unspecified atom stereocenters. The Morgan fingerprint density at radius 3 is 2.31 bits per heavy atom. The second-order valence-corrected chi connectivity index (χ2v) is 12.2. The van der Waals surface area contributed by atoms with Gasteiger partial charge in [0.05, 0.1) is 8.07 Å². The second-order valence-electron chi connectivity index (χ2n) is 5.73. The largest absolute Gasteiger partial charge is 0.271 e. The van der Waals surface area contributed by atoms with Crippen LogP contribution in [0.3, 0.4) is 0 Å². The lowest BCUT2D eigenvalue weighted by Crippen LogP contribution is -2.28. The molecule has 1 rings (SSSR count). The fourth-order valence-corrected chi connectivity index (χ4v) is 3.15. The standard InChI is InChI=1S/C12H22O2SSi/c1-15(13)14-12(8-5-6-9-12)10-7-11-16(2,3)4/h5-6,8-9,11H2,1-4H3. The van der Waals surface area contributed by atoms with E-state index in [1.54, 1.807) is 6.26 Å². The first-order valence-corrected chi connectivity index (χ1v) is 11.1. The fourth-order valence-electron chi connectivity index (χ4n) is 1.87. The van der Waals surface area contributed by atoms with Crippen LogP contribution in [0, 0.1) is 11.8 Å². The van der Waals surface area contributed by atoms with E-state index in [1.807, 2.05) is 0 Å². The van der Waals surface area contributed by atoms with E-state index in [4.69, 9.17) is 4.18 Å². The molecule has 0 aromatic carbocycles. The highest BCUT2D eigenvalue weighted by atomic mass is 32.2. The Balaban J connectivity index is 2.67. The third kappa shape index (κ3) is 4.81. The van der Waals surface area contributed by atoms with Crippen LogP contribution in [-0.4, -0.2) is 24.1 Å². The lowest BCUT2D eigenvalue weighted by molar-refractivity contribution is 0.161. The van der Waals surface area contributed by atoms with Gasteiger partial charge in [-0.05, 0) is 25.7 Å². The van der Waals surface area contributed by atoms with Crippen LogP contribution < -0.4 is 0 Å². The van der Waals surface area contributed by atoms with Gasteiger partial charge < -0.3 is 0 Å². The highest BCUT2D eigenvalue weighted by molar-refractivity contribution is 7.79. The number of hydrogen-bond acceptors (Lipinski definition) is 2. The monoisotopic (exact) mass is 258 g/mol. The van der Waals surface area contributed by atoms with Crippen molar-refractivity contribution in [3.63, 3.8) is 0 Å². The highest BCUT2D eigenvalue weighted by Crippen LogP contribution is 2.33. The summed E-state index contributed by atoms with van der Waals surface area (Å²) in [6.07, 6.45) is 5.73. The van der Waals surface area contributed by atoms with E-state index in [9.17, 15) is 4.21 Å². The van der Waals surface area contributed by atoms with Crippen molar-refractivity contribution < 1.29 is 8.39 Å². The lowest BCUT2D eigenvalue weighted by Gasteiger charge is -2.21. The molecular formula is C12H22O2SSi. The zero-order chi connectivity index (χ0) is 12.2. The summed E-state index contributed by atoms with van der Waals surface area (Å²) in [4.78, 5) is 0. The molecule has 1 fully saturated rings. The molecule has 0 bridgehead atoms. The molecule has 16 heavy (non-hydrogen) atoms. The maximum Gasteiger partial charge on any atom is 0.153 e. The van der Waals surface area contributed by atoms with Gasteiger partial charge in [0.25, 0.3) is 0 Å². The molecule has 0 aromatic heterocycles. The van der Waals surface area contributed by atoms with E-state index in [1.165, 1.54) is 0 Å². The average molecular weight is 258 g/mol. The van der Waals surface area contributed by atoms with Gasteiger partial charge in [-0.25, -0.2) is 4.21 Å². The molecule has 1 aliphatic carbocycles. The van der Waals surface area contributed by atoms with E-state index in [0.717, 1.165) is 31.7 Å². The van der Waals surface area contributed by atoms with Crippen molar-refractivity contribution in [1.82, 2.24) is 0 Å². The molecule has 4 heteroatoms. The molecule has 1 saturated carbocycles. The topological polar surface area (TPSA) is 26.3 Å². The van der Waals surface area contributed by atoms with Gasteiger partial charge in [-0.15, -0.1) is 5.92 Å². The number of rotatable bonds is 3. The van der Waals surface area contributed by atoms with Crippen molar-refractivity contribution in [2.24, 2.45) is 0 Å². The predicted molar refractivity (Wildman–Crippen MR) is 72.3 cm³/mol. The summed E-state index contributed by atoms with van der Waals surface area (Å²) in [6, 6.07) is 0.995. The van der Waals surface area contributed by atoms with E-state index in [2.05, 4.69) is 31.5 Å². The summed E-state index contributed by atoms with van der Waals surface area (Å²) >= 11 is -1.21. The first-order chi connectivity index (χ1) is 7.33. The van der Waals surface area contributed by atoms with Gasteiger partial charge in [0, 0.05) is 12.3 Å². The van der Waals surface area contributed by atoms with Crippen LogP contribution in [-0.2, 0) is 15.3 Å². The van der Waals surface area contributed by atoms with Gasteiger partial charge in [-0.3, -0.25) is 4.18 Å². The van der Waals surface area contributed by atoms with Crippen LogP contribution in [0.1, 0.15) is 25.7 Å². The van der Waals surface area contributed by atoms with Crippen LogP contribution in [0.2, 0.25) is 25.7 Å². The van der Waals surface area contributed by atoms with Crippen LogP contribution in [0.5, 0.6) is 0 Å². The molecule has 0 radical (unpaired) electrons. The van der Waals surface area contributed by atoms with Crippen molar-refractivity contribution >= 4 is 19.2 Å². The average Bonchev–Trinajstić information content (AvgIpc) is 2.49. The van der Waals surface area contributed by atoms with Gasteiger partial charge in [0.2, 0.25) is 0 Å². The van der Waals surface area contributed by atoms with E-state index in [-0.39, 0.29) is 0 Å². The minimum Gasteiger partial charge on any atom is -0.271 e. The summed E-state index contributed by atoms with van der Waals surface area (Å²) in [7, 11) is -1.11. The molecule has 0 aromatic rings. The van der Waals surface area contributed by atoms with Crippen molar-refractivity contribution in [2.45, 2.75) is 57.0 Å². The van der Waals surface area contributed by atoms with Gasteiger partial charge in [-0.1, -0.05) is 25.6 Å². The van der Waals surface area contributed by atoms with Crippen LogP contribution in [0.25, 0.3) is 0 Å². The second kappa shape index (κ2) is 5.48. The first kappa shape index (κ1) is 13.9. The molecule has 0 heterocycles. The molecule has 0 spiro atoms. The molecule has 92 valence electrons. The Bertz CT molecular complexity index is 316. The molecule has 1 aliphatic rings. The van der Waals surface area contributed by atoms with E-state index in [0.29, 0.717) is 0 Å². The molecular weight excluding hydrogens is 236 g/mol. The fraction of sp³-hybridized carbons (Fsp3) is 0.833. The van der Waals surface area contributed by atoms with Gasteiger partial charge in [-0.2, -0.15) is 0 Å². The normalized spacial score (nSPS) is 21.2.